The van der Waals surface area contributed by atoms with Crippen LogP contribution in [0.15, 0.2) is 48.8 Å². The molecule has 6 rings (SSSR count). The molecule has 1 aliphatic rings. The van der Waals surface area contributed by atoms with Gasteiger partial charge in [0.05, 0.1) is 11.6 Å². The summed E-state index contributed by atoms with van der Waals surface area (Å²) >= 11 is 0. The molecule has 156 valence electrons. The number of imidazole rings is 1. The molecule has 2 unspecified atom stereocenters. The number of pyridine rings is 2. The molecule has 0 saturated carbocycles. The molecule has 0 fully saturated rings. The zero-order valence-electron chi connectivity index (χ0n) is 18.1. The first-order chi connectivity index (χ1) is 14.9. The van der Waals surface area contributed by atoms with E-state index >= 15 is 4.39 Å². The van der Waals surface area contributed by atoms with Crippen LogP contribution < -0.4 is 4.57 Å². The molecule has 5 heteroatoms. The van der Waals surface area contributed by atoms with Crippen LogP contribution in [0.4, 0.5) is 8.78 Å². The molecule has 0 spiro atoms. The summed E-state index contributed by atoms with van der Waals surface area (Å²) in [5.41, 5.74) is 4.37. The topological polar surface area (TPSA) is 21.2 Å². The number of aromatic nitrogens is 3. The summed E-state index contributed by atoms with van der Waals surface area (Å²) in [6.07, 6.45) is 5.44. The summed E-state index contributed by atoms with van der Waals surface area (Å²) in [4.78, 5) is 4.41. The second kappa shape index (κ2) is 5.78. The summed E-state index contributed by atoms with van der Waals surface area (Å²) in [6.45, 7) is 8.90. The Morgan fingerprint density at radius 3 is 2.45 bits per heavy atom. The van der Waals surface area contributed by atoms with Crippen molar-refractivity contribution in [1.29, 1.82) is 0 Å². The van der Waals surface area contributed by atoms with Crippen LogP contribution in [-0.2, 0) is 11.0 Å². The SMILES string of the molecule is CCC1(C)c2cc(F)cc3c4cc(F)ccc4n4c5cnccc5[n+](c4c23)C1(C)CC. The monoisotopic (exact) mass is 416 g/mol. The first-order valence-electron chi connectivity index (χ1n) is 10.9. The zero-order valence-corrected chi connectivity index (χ0v) is 18.1. The van der Waals surface area contributed by atoms with Crippen LogP contribution in [0, 0.1) is 11.6 Å². The molecule has 31 heavy (non-hydrogen) atoms. The van der Waals surface area contributed by atoms with Crippen molar-refractivity contribution in [3.63, 3.8) is 0 Å². The van der Waals surface area contributed by atoms with Gasteiger partial charge >= 0.3 is 0 Å². The van der Waals surface area contributed by atoms with E-state index in [1.807, 2.05) is 12.4 Å². The lowest BCUT2D eigenvalue weighted by molar-refractivity contribution is -0.728. The molecule has 0 amide bonds. The van der Waals surface area contributed by atoms with Gasteiger partial charge in [-0.15, -0.1) is 0 Å². The highest BCUT2D eigenvalue weighted by atomic mass is 19.1. The van der Waals surface area contributed by atoms with E-state index in [-0.39, 0.29) is 22.6 Å². The fourth-order valence-corrected chi connectivity index (χ4v) is 6.11. The van der Waals surface area contributed by atoms with Crippen LogP contribution in [0.2, 0.25) is 0 Å². The number of rotatable bonds is 2. The van der Waals surface area contributed by atoms with Crippen LogP contribution >= 0.6 is 0 Å². The van der Waals surface area contributed by atoms with Gasteiger partial charge in [0.15, 0.2) is 11.0 Å². The Balaban J connectivity index is 2.08. The van der Waals surface area contributed by atoms with E-state index in [4.69, 9.17) is 0 Å². The van der Waals surface area contributed by atoms with E-state index in [1.165, 1.54) is 12.1 Å². The summed E-state index contributed by atoms with van der Waals surface area (Å²) < 4.78 is 34.0. The van der Waals surface area contributed by atoms with Gasteiger partial charge in [-0.05, 0) is 55.7 Å². The quantitative estimate of drug-likeness (QED) is 0.249. The van der Waals surface area contributed by atoms with Gasteiger partial charge in [-0.3, -0.25) is 4.98 Å². The van der Waals surface area contributed by atoms with Crippen molar-refractivity contribution in [2.45, 2.75) is 51.5 Å². The van der Waals surface area contributed by atoms with Crippen molar-refractivity contribution in [1.82, 2.24) is 9.38 Å². The third kappa shape index (κ3) is 1.98. The van der Waals surface area contributed by atoms with Gasteiger partial charge in [-0.25, -0.2) is 13.3 Å². The average molecular weight is 416 g/mol. The minimum Gasteiger partial charge on any atom is -0.260 e. The number of fused-ring (bicyclic) bond motifs is 6. The normalized spacial score (nSPS) is 23.0. The molecule has 3 nitrogen and oxygen atoms in total. The highest BCUT2D eigenvalue weighted by molar-refractivity contribution is 6.14. The third-order valence-electron chi connectivity index (χ3n) is 8.17. The highest BCUT2D eigenvalue weighted by Crippen LogP contribution is 2.51. The van der Waals surface area contributed by atoms with Crippen molar-refractivity contribution < 1.29 is 13.3 Å². The van der Waals surface area contributed by atoms with E-state index in [9.17, 15) is 4.39 Å². The predicted molar refractivity (Wildman–Crippen MR) is 119 cm³/mol. The van der Waals surface area contributed by atoms with Gasteiger partial charge in [0.25, 0.3) is 5.65 Å². The fraction of sp³-hybridized carbons (Fsp3) is 0.308. The van der Waals surface area contributed by atoms with Crippen molar-refractivity contribution >= 4 is 38.4 Å². The van der Waals surface area contributed by atoms with Gasteiger partial charge in [-0.2, -0.15) is 4.40 Å². The minimum atomic E-state index is -0.324. The average Bonchev–Trinajstić information content (AvgIpc) is 3.12. The number of hydrogen-bond donors (Lipinski definition) is 0. The van der Waals surface area contributed by atoms with Crippen LogP contribution in [0.25, 0.3) is 38.4 Å². The lowest BCUT2D eigenvalue weighted by atomic mass is 9.61. The van der Waals surface area contributed by atoms with Crippen molar-refractivity contribution in [3.05, 3.63) is 66.0 Å². The fourth-order valence-electron chi connectivity index (χ4n) is 6.11. The van der Waals surface area contributed by atoms with Crippen LogP contribution in [0.5, 0.6) is 0 Å². The Morgan fingerprint density at radius 1 is 0.935 bits per heavy atom. The molecule has 0 radical (unpaired) electrons. The largest absolute Gasteiger partial charge is 0.296 e. The molecule has 2 atom stereocenters. The molecule has 0 N–H and O–H groups in total. The van der Waals surface area contributed by atoms with Crippen molar-refractivity contribution in [2.75, 3.05) is 0 Å². The van der Waals surface area contributed by atoms with E-state index in [2.05, 4.69) is 47.7 Å². The van der Waals surface area contributed by atoms with E-state index < -0.39 is 0 Å². The molecule has 5 aromatic rings. The first-order valence-corrected chi connectivity index (χ1v) is 10.9. The van der Waals surface area contributed by atoms with Crippen LogP contribution in [-0.4, -0.2) is 9.38 Å². The lowest BCUT2D eigenvalue weighted by Gasteiger charge is -2.46. The summed E-state index contributed by atoms with van der Waals surface area (Å²) in [5.74, 6) is -0.600. The molecule has 0 aliphatic carbocycles. The number of benzene rings is 2. The standard InChI is InChI=1S/C26H24F2N3/c1-5-25(3)19-13-16(28)12-18-17-11-15(27)7-8-20(17)30-22-14-29-10-9-21(22)31(24(30)23(18)19)26(25,4)6-2/h7-14H,5-6H2,1-4H3/q+1. The Hall–Kier alpha value is -3.08. The molecule has 2 aromatic carbocycles. The van der Waals surface area contributed by atoms with Gasteiger partial charge in [0.1, 0.15) is 22.7 Å². The molecule has 3 aromatic heterocycles. The van der Waals surface area contributed by atoms with Crippen molar-refractivity contribution in [2.24, 2.45) is 0 Å². The summed E-state index contributed by atoms with van der Waals surface area (Å²) in [6, 6.07) is 10.1. The second-order valence-corrected chi connectivity index (χ2v) is 9.21. The van der Waals surface area contributed by atoms with E-state index in [1.54, 1.807) is 18.2 Å². The number of nitrogens with zero attached hydrogens (tertiary/aromatic N) is 3. The predicted octanol–water partition coefficient (Wildman–Crippen LogP) is 6.17. The maximum Gasteiger partial charge on any atom is 0.296 e. The molecule has 0 bridgehead atoms. The summed E-state index contributed by atoms with van der Waals surface area (Å²) in [5, 5.41) is 2.49. The van der Waals surface area contributed by atoms with Gasteiger partial charge in [0.2, 0.25) is 0 Å². The Labute approximate surface area is 178 Å². The smallest absolute Gasteiger partial charge is 0.260 e. The van der Waals surface area contributed by atoms with Crippen molar-refractivity contribution in [3.8, 4) is 0 Å². The molecule has 4 heterocycles. The second-order valence-electron chi connectivity index (χ2n) is 9.21. The van der Waals surface area contributed by atoms with Crippen LogP contribution in [0.3, 0.4) is 0 Å². The van der Waals surface area contributed by atoms with E-state index in [0.717, 1.165) is 56.8 Å². The third-order valence-corrected chi connectivity index (χ3v) is 8.17. The van der Waals surface area contributed by atoms with Gasteiger partial charge < -0.3 is 0 Å². The van der Waals surface area contributed by atoms with Gasteiger partial charge in [-0.1, -0.05) is 20.8 Å². The number of hydrogen-bond acceptors (Lipinski definition) is 1. The maximum atomic E-state index is 15.1. The highest BCUT2D eigenvalue weighted by Gasteiger charge is 2.55. The molecular formula is C26H24F2N3+. The van der Waals surface area contributed by atoms with Gasteiger partial charge in [0, 0.05) is 28.5 Å². The Morgan fingerprint density at radius 2 is 1.71 bits per heavy atom. The lowest BCUT2D eigenvalue weighted by Crippen LogP contribution is -2.66. The number of halogens is 2. The molecular weight excluding hydrogens is 392 g/mol. The Bertz CT molecular complexity index is 1570. The maximum absolute atomic E-state index is 15.1. The molecule has 0 saturated heterocycles. The zero-order chi connectivity index (χ0) is 21.7. The van der Waals surface area contributed by atoms with E-state index in [0.29, 0.717) is 0 Å². The summed E-state index contributed by atoms with van der Waals surface area (Å²) in [7, 11) is 0. The Kier molecular flexibility index (Phi) is 3.48. The first kappa shape index (κ1) is 18.7. The molecule has 1 aliphatic heterocycles. The van der Waals surface area contributed by atoms with Crippen LogP contribution in [0.1, 0.15) is 46.1 Å². The minimum absolute atomic E-state index is 0.276.